The number of hydrogen-bond donors (Lipinski definition) is 1. The van der Waals surface area contributed by atoms with E-state index in [9.17, 15) is 4.79 Å². The second-order valence-electron chi connectivity index (χ2n) is 4.72. The fraction of sp³-hybridized carbons (Fsp3) is 0.909. The van der Waals surface area contributed by atoms with Crippen molar-refractivity contribution in [2.45, 2.75) is 58.3 Å². The van der Waals surface area contributed by atoms with E-state index in [0.717, 1.165) is 12.8 Å². The monoisotopic (exact) mass is 196 g/mol. The van der Waals surface area contributed by atoms with Crippen LogP contribution in [0.3, 0.4) is 0 Å². The predicted molar refractivity (Wildman–Crippen MR) is 55.7 cm³/mol. The number of rotatable bonds is 3. The fourth-order valence-corrected chi connectivity index (χ4v) is 2.40. The van der Waals surface area contributed by atoms with E-state index < -0.39 is 0 Å². The number of amides is 1. The molecule has 0 aromatic heterocycles. The Bertz CT molecular complexity index is 241. The molecule has 1 heterocycles. The largest absolute Gasteiger partial charge is 0.323 e. The van der Waals surface area contributed by atoms with Gasteiger partial charge in [-0.3, -0.25) is 10.1 Å². The molecular weight excluding hydrogens is 176 g/mol. The molecule has 4 atom stereocenters. The first-order chi connectivity index (χ1) is 6.65. The highest BCUT2D eigenvalue weighted by Crippen LogP contribution is 2.38. The van der Waals surface area contributed by atoms with Crippen molar-refractivity contribution >= 4 is 5.91 Å². The summed E-state index contributed by atoms with van der Waals surface area (Å²) in [5.41, 5.74) is 0. The summed E-state index contributed by atoms with van der Waals surface area (Å²) >= 11 is 0. The Morgan fingerprint density at radius 2 is 2.14 bits per heavy atom. The van der Waals surface area contributed by atoms with Crippen molar-refractivity contribution in [2.75, 3.05) is 0 Å². The van der Waals surface area contributed by atoms with Gasteiger partial charge in [-0.15, -0.1) is 0 Å². The molecule has 2 rings (SSSR count). The summed E-state index contributed by atoms with van der Waals surface area (Å²) in [7, 11) is 0. The van der Waals surface area contributed by atoms with Crippen LogP contribution in [-0.4, -0.2) is 29.1 Å². The molecule has 1 aliphatic carbocycles. The smallest absolute Gasteiger partial charge is 0.240 e. The maximum Gasteiger partial charge on any atom is 0.240 e. The van der Waals surface area contributed by atoms with Gasteiger partial charge in [-0.1, -0.05) is 20.3 Å². The van der Waals surface area contributed by atoms with Crippen molar-refractivity contribution in [3.63, 3.8) is 0 Å². The van der Waals surface area contributed by atoms with Gasteiger partial charge in [0, 0.05) is 6.04 Å². The van der Waals surface area contributed by atoms with Crippen LogP contribution in [0.1, 0.15) is 40.0 Å². The lowest BCUT2D eigenvalue weighted by molar-refractivity contribution is -0.130. The van der Waals surface area contributed by atoms with E-state index in [0.29, 0.717) is 24.0 Å². The van der Waals surface area contributed by atoms with Gasteiger partial charge in [0.05, 0.1) is 12.2 Å². The van der Waals surface area contributed by atoms with Crippen LogP contribution >= 0.6 is 0 Å². The summed E-state index contributed by atoms with van der Waals surface area (Å²) in [6.07, 6.45) is 3.71. The first-order valence-corrected chi connectivity index (χ1v) is 5.73. The number of hydrogen-bond acceptors (Lipinski definition) is 2. The molecule has 1 saturated heterocycles. The minimum absolute atomic E-state index is 0.0272. The topological polar surface area (TPSA) is 32.3 Å². The van der Waals surface area contributed by atoms with Gasteiger partial charge in [0.2, 0.25) is 5.91 Å². The van der Waals surface area contributed by atoms with Crippen molar-refractivity contribution < 1.29 is 4.79 Å². The average molecular weight is 196 g/mol. The van der Waals surface area contributed by atoms with Gasteiger partial charge >= 0.3 is 0 Å². The van der Waals surface area contributed by atoms with E-state index in [-0.39, 0.29) is 6.04 Å². The lowest BCUT2D eigenvalue weighted by atomic mass is 10.2. The molecule has 2 fully saturated rings. The Balaban J connectivity index is 2.05. The first kappa shape index (κ1) is 9.97. The number of carbonyl (C=O) groups is 1. The second kappa shape index (κ2) is 3.54. The molecule has 0 spiro atoms. The van der Waals surface area contributed by atoms with Crippen LogP contribution in [0.15, 0.2) is 0 Å². The quantitative estimate of drug-likeness (QED) is 0.739. The van der Waals surface area contributed by atoms with Crippen LogP contribution in [-0.2, 0) is 4.79 Å². The SMILES string of the molecule is CCCC1NC(C)C(=O)N1C1CC1C. The van der Waals surface area contributed by atoms with Crippen molar-refractivity contribution in [1.29, 1.82) is 0 Å². The normalized spacial score (nSPS) is 41.9. The molecule has 1 amide bonds. The summed E-state index contributed by atoms with van der Waals surface area (Å²) in [4.78, 5) is 14.0. The van der Waals surface area contributed by atoms with E-state index in [1.165, 1.54) is 6.42 Å². The zero-order chi connectivity index (χ0) is 10.3. The third kappa shape index (κ3) is 1.54. The molecule has 4 unspecified atom stereocenters. The highest BCUT2D eigenvalue weighted by Gasteiger charge is 2.48. The molecule has 14 heavy (non-hydrogen) atoms. The number of nitrogens with zero attached hydrogens (tertiary/aromatic N) is 1. The lowest BCUT2D eigenvalue weighted by Crippen LogP contribution is -2.39. The Hall–Kier alpha value is -0.570. The van der Waals surface area contributed by atoms with Gasteiger partial charge in [-0.2, -0.15) is 0 Å². The van der Waals surface area contributed by atoms with E-state index >= 15 is 0 Å². The van der Waals surface area contributed by atoms with Crippen molar-refractivity contribution in [2.24, 2.45) is 5.92 Å². The van der Waals surface area contributed by atoms with Crippen molar-refractivity contribution in [1.82, 2.24) is 10.2 Å². The van der Waals surface area contributed by atoms with E-state index in [2.05, 4.69) is 24.1 Å². The first-order valence-electron chi connectivity index (χ1n) is 5.73. The fourth-order valence-electron chi connectivity index (χ4n) is 2.40. The van der Waals surface area contributed by atoms with Gasteiger partial charge in [-0.25, -0.2) is 0 Å². The molecule has 0 aromatic rings. The highest BCUT2D eigenvalue weighted by molar-refractivity contribution is 5.84. The minimum Gasteiger partial charge on any atom is -0.323 e. The zero-order valence-corrected chi connectivity index (χ0v) is 9.29. The van der Waals surface area contributed by atoms with Gasteiger partial charge < -0.3 is 4.90 Å². The molecule has 0 bridgehead atoms. The summed E-state index contributed by atoms with van der Waals surface area (Å²) in [5.74, 6) is 1.02. The predicted octanol–water partition coefficient (Wildman–Crippen LogP) is 1.34. The molecule has 0 radical (unpaired) electrons. The van der Waals surface area contributed by atoms with Crippen LogP contribution in [0.2, 0.25) is 0 Å². The van der Waals surface area contributed by atoms with E-state index in [1.807, 2.05) is 6.92 Å². The maximum atomic E-state index is 11.9. The Kier molecular flexibility index (Phi) is 2.52. The van der Waals surface area contributed by atoms with Crippen LogP contribution in [0.25, 0.3) is 0 Å². The molecule has 2 aliphatic rings. The maximum absolute atomic E-state index is 11.9. The molecule has 1 aliphatic heterocycles. The summed E-state index contributed by atoms with van der Waals surface area (Å²) in [6.45, 7) is 6.37. The van der Waals surface area contributed by atoms with Crippen LogP contribution in [0.4, 0.5) is 0 Å². The molecule has 80 valence electrons. The molecule has 3 heteroatoms. The molecule has 0 aromatic carbocycles. The van der Waals surface area contributed by atoms with Crippen LogP contribution in [0, 0.1) is 5.92 Å². The molecule has 1 saturated carbocycles. The van der Waals surface area contributed by atoms with E-state index in [4.69, 9.17) is 0 Å². The van der Waals surface area contributed by atoms with Gasteiger partial charge in [-0.05, 0) is 25.7 Å². The average Bonchev–Trinajstić information content (AvgIpc) is 2.76. The summed E-state index contributed by atoms with van der Waals surface area (Å²) in [5, 5.41) is 3.37. The zero-order valence-electron chi connectivity index (χ0n) is 9.29. The Morgan fingerprint density at radius 3 is 2.64 bits per heavy atom. The van der Waals surface area contributed by atoms with Gasteiger partial charge in [0.15, 0.2) is 0 Å². The summed E-state index contributed by atoms with van der Waals surface area (Å²) in [6, 6.07) is 0.552. The Morgan fingerprint density at radius 1 is 1.50 bits per heavy atom. The van der Waals surface area contributed by atoms with Gasteiger partial charge in [0.1, 0.15) is 0 Å². The second-order valence-corrected chi connectivity index (χ2v) is 4.72. The molecular formula is C11H20N2O. The Labute approximate surface area is 85.8 Å². The lowest BCUT2D eigenvalue weighted by Gasteiger charge is -2.24. The van der Waals surface area contributed by atoms with Crippen LogP contribution in [0.5, 0.6) is 0 Å². The summed E-state index contributed by atoms with van der Waals surface area (Å²) < 4.78 is 0. The van der Waals surface area contributed by atoms with Crippen molar-refractivity contribution in [3.05, 3.63) is 0 Å². The minimum atomic E-state index is 0.0272. The van der Waals surface area contributed by atoms with Crippen molar-refractivity contribution in [3.8, 4) is 0 Å². The van der Waals surface area contributed by atoms with Crippen LogP contribution < -0.4 is 5.32 Å². The number of carbonyl (C=O) groups excluding carboxylic acids is 1. The number of nitrogens with one attached hydrogen (secondary N) is 1. The van der Waals surface area contributed by atoms with Gasteiger partial charge in [0.25, 0.3) is 0 Å². The highest BCUT2D eigenvalue weighted by atomic mass is 16.2. The third-order valence-corrected chi connectivity index (χ3v) is 3.39. The molecule has 3 nitrogen and oxygen atoms in total. The molecule has 1 N–H and O–H groups in total. The van der Waals surface area contributed by atoms with E-state index in [1.54, 1.807) is 0 Å². The third-order valence-electron chi connectivity index (χ3n) is 3.39. The standard InChI is InChI=1S/C11H20N2O/c1-4-5-10-12-8(3)11(14)13(10)9-6-7(9)2/h7-10,12H,4-6H2,1-3H3.